The third kappa shape index (κ3) is 2.91. The normalized spacial score (nSPS) is 19.4. The van der Waals surface area contributed by atoms with Gasteiger partial charge in [0, 0.05) is 18.7 Å². The van der Waals surface area contributed by atoms with Crippen molar-refractivity contribution < 1.29 is 9.32 Å². The zero-order valence-corrected chi connectivity index (χ0v) is 13.1. The molecule has 1 atom stereocenters. The fraction of sp³-hybridized carbons (Fsp3) is 0.562. The Balaban J connectivity index is 1.88. The zero-order valence-electron chi connectivity index (χ0n) is 13.1. The molecule has 2 aromatic rings. The number of aromatic nitrogens is 3. The molecule has 0 saturated carbocycles. The van der Waals surface area contributed by atoms with Gasteiger partial charge in [0.15, 0.2) is 5.82 Å². The summed E-state index contributed by atoms with van der Waals surface area (Å²) >= 11 is 0. The van der Waals surface area contributed by atoms with Gasteiger partial charge in [0.1, 0.15) is 5.69 Å². The van der Waals surface area contributed by atoms with Crippen LogP contribution in [0.15, 0.2) is 22.9 Å². The number of amides is 1. The predicted octanol–water partition coefficient (Wildman–Crippen LogP) is 3.28. The van der Waals surface area contributed by atoms with Crippen LogP contribution >= 0.6 is 0 Å². The van der Waals surface area contributed by atoms with Gasteiger partial charge in [0.2, 0.25) is 5.89 Å². The Kier molecular flexibility index (Phi) is 4.27. The topological polar surface area (TPSA) is 75.0 Å². The number of H-pyrrole nitrogens is 1. The number of hydrogen-bond acceptors (Lipinski definition) is 4. The van der Waals surface area contributed by atoms with Crippen molar-refractivity contribution in [1.82, 2.24) is 20.0 Å². The molecule has 1 amide bonds. The molecule has 118 valence electrons. The van der Waals surface area contributed by atoms with Gasteiger partial charge in [-0.15, -0.1) is 0 Å². The van der Waals surface area contributed by atoms with Crippen LogP contribution in [-0.4, -0.2) is 32.5 Å². The summed E-state index contributed by atoms with van der Waals surface area (Å²) in [6.45, 7) is 4.77. The van der Waals surface area contributed by atoms with Gasteiger partial charge in [-0.1, -0.05) is 31.8 Å². The van der Waals surface area contributed by atoms with E-state index in [-0.39, 0.29) is 17.9 Å². The third-order valence-corrected chi connectivity index (χ3v) is 4.09. The van der Waals surface area contributed by atoms with Crippen molar-refractivity contribution in [3.8, 4) is 0 Å². The second kappa shape index (κ2) is 6.34. The number of aromatic amines is 1. The highest BCUT2D eigenvalue weighted by Crippen LogP contribution is 2.30. The standard InChI is InChI=1S/C16H22N4O2/c1-11(2)15-18-14(19-22-15)13-8-4-3-5-10-20(13)16(21)12-7-6-9-17-12/h6-7,9,11,13,17H,3-5,8,10H2,1-2H3. The van der Waals surface area contributed by atoms with Crippen molar-refractivity contribution >= 4 is 5.91 Å². The van der Waals surface area contributed by atoms with Crippen LogP contribution in [0.1, 0.15) is 73.7 Å². The second-order valence-electron chi connectivity index (χ2n) is 6.09. The molecule has 1 unspecified atom stereocenters. The SMILES string of the molecule is CC(C)c1nc(C2CCCCCN2C(=O)c2ccc[nH]2)no1. The van der Waals surface area contributed by atoms with Crippen molar-refractivity contribution in [1.29, 1.82) is 0 Å². The molecule has 0 aliphatic carbocycles. The first-order valence-corrected chi connectivity index (χ1v) is 7.94. The van der Waals surface area contributed by atoms with Crippen LogP contribution in [0, 0.1) is 0 Å². The largest absolute Gasteiger partial charge is 0.357 e. The Labute approximate surface area is 129 Å². The summed E-state index contributed by atoms with van der Waals surface area (Å²) < 4.78 is 5.33. The van der Waals surface area contributed by atoms with Crippen molar-refractivity contribution in [2.24, 2.45) is 0 Å². The van der Waals surface area contributed by atoms with Crippen LogP contribution < -0.4 is 0 Å². The van der Waals surface area contributed by atoms with Gasteiger partial charge in [-0.05, 0) is 25.0 Å². The average molecular weight is 302 g/mol. The van der Waals surface area contributed by atoms with E-state index in [2.05, 4.69) is 15.1 Å². The first kappa shape index (κ1) is 14.8. The Hall–Kier alpha value is -2.11. The molecule has 1 N–H and O–H groups in total. The lowest BCUT2D eigenvalue weighted by atomic mass is 10.1. The molecule has 3 rings (SSSR count). The van der Waals surface area contributed by atoms with Crippen molar-refractivity contribution in [3.63, 3.8) is 0 Å². The van der Waals surface area contributed by atoms with E-state index in [4.69, 9.17) is 4.52 Å². The fourth-order valence-electron chi connectivity index (χ4n) is 2.86. The molecule has 1 aliphatic rings. The fourth-order valence-corrected chi connectivity index (χ4v) is 2.86. The van der Waals surface area contributed by atoms with E-state index >= 15 is 0 Å². The summed E-state index contributed by atoms with van der Waals surface area (Å²) in [5.41, 5.74) is 0.611. The summed E-state index contributed by atoms with van der Waals surface area (Å²) in [6, 6.07) is 3.54. The monoisotopic (exact) mass is 302 g/mol. The van der Waals surface area contributed by atoms with Gasteiger partial charge in [-0.3, -0.25) is 4.79 Å². The number of rotatable bonds is 3. The third-order valence-electron chi connectivity index (χ3n) is 4.09. The van der Waals surface area contributed by atoms with E-state index < -0.39 is 0 Å². The van der Waals surface area contributed by atoms with Crippen LogP contribution in [0.5, 0.6) is 0 Å². The van der Waals surface area contributed by atoms with Gasteiger partial charge >= 0.3 is 0 Å². The molecule has 0 aromatic carbocycles. The molecule has 1 fully saturated rings. The van der Waals surface area contributed by atoms with E-state index in [0.29, 0.717) is 17.4 Å². The number of likely N-dealkylation sites (tertiary alicyclic amines) is 1. The van der Waals surface area contributed by atoms with Gasteiger partial charge in [0.25, 0.3) is 5.91 Å². The summed E-state index contributed by atoms with van der Waals surface area (Å²) in [7, 11) is 0. The number of carbonyl (C=O) groups is 1. The first-order chi connectivity index (χ1) is 10.7. The van der Waals surface area contributed by atoms with Gasteiger partial charge in [0.05, 0.1) is 6.04 Å². The molecular weight excluding hydrogens is 280 g/mol. The molecule has 1 saturated heterocycles. The molecule has 1 aliphatic heterocycles. The highest BCUT2D eigenvalue weighted by molar-refractivity contribution is 5.92. The molecule has 6 nitrogen and oxygen atoms in total. The zero-order chi connectivity index (χ0) is 15.5. The minimum Gasteiger partial charge on any atom is -0.357 e. The lowest BCUT2D eigenvalue weighted by molar-refractivity contribution is 0.0665. The lowest BCUT2D eigenvalue weighted by Gasteiger charge is -2.27. The average Bonchev–Trinajstić information content (AvgIpc) is 3.14. The van der Waals surface area contributed by atoms with Gasteiger partial charge in [-0.2, -0.15) is 4.98 Å². The van der Waals surface area contributed by atoms with Crippen LogP contribution in [-0.2, 0) is 0 Å². The maximum Gasteiger partial charge on any atom is 0.270 e. The van der Waals surface area contributed by atoms with Crippen molar-refractivity contribution in [2.45, 2.75) is 51.5 Å². The van der Waals surface area contributed by atoms with E-state index in [1.54, 1.807) is 12.3 Å². The van der Waals surface area contributed by atoms with Crippen LogP contribution in [0.4, 0.5) is 0 Å². The number of nitrogens with one attached hydrogen (secondary N) is 1. The molecule has 22 heavy (non-hydrogen) atoms. The van der Waals surface area contributed by atoms with E-state index in [1.807, 2.05) is 24.8 Å². The Morgan fingerprint density at radius 1 is 1.41 bits per heavy atom. The summed E-state index contributed by atoms with van der Waals surface area (Å²) in [6.07, 6.45) is 5.86. The molecule has 0 spiro atoms. The predicted molar refractivity (Wildman–Crippen MR) is 81.4 cm³/mol. The Morgan fingerprint density at radius 2 is 2.27 bits per heavy atom. The van der Waals surface area contributed by atoms with Gasteiger partial charge in [-0.25, -0.2) is 0 Å². The lowest BCUT2D eigenvalue weighted by Crippen LogP contribution is -2.35. The maximum absolute atomic E-state index is 12.7. The molecule has 0 radical (unpaired) electrons. The quantitative estimate of drug-likeness (QED) is 0.944. The summed E-state index contributed by atoms with van der Waals surface area (Å²) in [5, 5.41) is 4.13. The molecule has 0 bridgehead atoms. The highest BCUT2D eigenvalue weighted by Gasteiger charge is 2.31. The summed E-state index contributed by atoms with van der Waals surface area (Å²) in [4.78, 5) is 22.1. The number of nitrogens with zero attached hydrogens (tertiary/aromatic N) is 3. The molecule has 2 aromatic heterocycles. The van der Waals surface area contributed by atoms with E-state index in [9.17, 15) is 4.79 Å². The summed E-state index contributed by atoms with van der Waals surface area (Å²) in [5.74, 6) is 1.46. The second-order valence-corrected chi connectivity index (χ2v) is 6.09. The van der Waals surface area contributed by atoms with Gasteiger partial charge < -0.3 is 14.4 Å². The van der Waals surface area contributed by atoms with Crippen molar-refractivity contribution in [2.75, 3.05) is 6.54 Å². The minimum atomic E-state index is -0.102. The molecule has 6 heteroatoms. The van der Waals surface area contributed by atoms with E-state index in [1.165, 1.54) is 0 Å². The smallest absolute Gasteiger partial charge is 0.270 e. The Bertz CT molecular complexity index is 618. The highest BCUT2D eigenvalue weighted by atomic mass is 16.5. The van der Waals surface area contributed by atoms with Crippen LogP contribution in [0.2, 0.25) is 0 Å². The Morgan fingerprint density at radius 3 is 2.95 bits per heavy atom. The van der Waals surface area contributed by atoms with E-state index in [0.717, 1.165) is 32.2 Å². The number of carbonyl (C=O) groups excluding carboxylic acids is 1. The maximum atomic E-state index is 12.7. The van der Waals surface area contributed by atoms with Crippen LogP contribution in [0.3, 0.4) is 0 Å². The van der Waals surface area contributed by atoms with Crippen LogP contribution in [0.25, 0.3) is 0 Å². The molecular formula is C16H22N4O2. The van der Waals surface area contributed by atoms with Crippen molar-refractivity contribution in [3.05, 3.63) is 35.7 Å². The first-order valence-electron chi connectivity index (χ1n) is 7.94. The minimum absolute atomic E-state index is 0.00722. The molecule has 3 heterocycles. The number of hydrogen-bond donors (Lipinski definition) is 1.